The SMILES string of the molecule is CCN(CC)S(=O)(=O)c1ccc(NC(=O)COC(=O)[C@H](C)NS(=O)(=O)c2ccccc2)cc1. The zero-order valence-electron chi connectivity index (χ0n) is 18.5. The Hall–Kier alpha value is -2.80. The van der Waals surface area contributed by atoms with E-state index in [1.165, 1.54) is 47.6 Å². The molecule has 0 bridgehead atoms. The Labute approximate surface area is 194 Å². The summed E-state index contributed by atoms with van der Waals surface area (Å²) in [5, 5.41) is 2.48. The number of carbonyl (C=O) groups excluding carboxylic acids is 2. The van der Waals surface area contributed by atoms with Gasteiger partial charge in [0.05, 0.1) is 9.79 Å². The molecule has 33 heavy (non-hydrogen) atoms. The summed E-state index contributed by atoms with van der Waals surface area (Å²) in [6.45, 7) is 4.81. The zero-order valence-corrected chi connectivity index (χ0v) is 20.1. The second-order valence-corrected chi connectivity index (χ2v) is 10.6. The van der Waals surface area contributed by atoms with Gasteiger partial charge in [-0.2, -0.15) is 9.03 Å². The van der Waals surface area contributed by atoms with Gasteiger partial charge in [-0.05, 0) is 43.3 Å². The molecule has 10 nitrogen and oxygen atoms in total. The van der Waals surface area contributed by atoms with Crippen molar-refractivity contribution in [1.29, 1.82) is 0 Å². The molecule has 0 spiro atoms. The fourth-order valence-electron chi connectivity index (χ4n) is 2.83. The van der Waals surface area contributed by atoms with E-state index in [1.54, 1.807) is 32.0 Å². The van der Waals surface area contributed by atoms with Gasteiger partial charge in [0.25, 0.3) is 5.91 Å². The van der Waals surface area contributed by atoms with Crippen molar-refractivity contribution in [1.82, 2.24) is 9.03 Å². The van der Waals surface area contributed by atoms with Crippen molar-refractivity contribution in [2.75, 3.05) is 25.0 Å². The highest BCUT2D eigenvalue weighted by atomic mass is 32.2. The number of hydrogen-bond acceptors (Lipinski definition) is 7. The molecule has 1 atom stereocenters. The number of nitrogens with one attached hydrogen (secondary N) is 2. The molecule has 2 aromatic rings. The third kappa shape index (κ3) is 7.09. The molecule has 12 heteroatoms. The largest absolute Gasteiger partial charge is 0.454 e. The first-order chi connectivity index (χ1) is 15.5. The number of rotatable bonds is 11. The molecule has 0 aliphatic carbocycles. The molecule has 0 radical (unpaired) electrons. The smallest absolute Gasteiger partial charge is 0.324 e. The van der Waals surface area contributed by atoms with Gasteiger partial charge in [-0.15, -0.1) is 0 Å². The maximum absolute atomic E-state index is 12.5. The lowest BCUT2D eigenvalue weighted by Gasteiger charge is -2.18. The first kappa shape index (κ1) is 26.5. The summed E-state index contributed by atoms with van der Waals surface area (Å²) in [5.41, 5.74) is 0.312. The van der Waals surface area contributed by atoms with Gasteiger partial charge >= 0.3 is 5.97 Å². The molecule has 2 aromatic carbocycles. The minimum absolute atomic E-state index is 0.00570. The summed E-state index contributed by atoms with van der Waals surface area (Å²) in [7, 11) is -7.54. The zero-order chi connectivity index (χ0) is 24.6. The van der Waals surface area contributed by atoms with E-state index >= 15 is 0 Å². The summed E-state index contributed by atoms with van der Waals surface area (Å²) < 4.78 is 57.9. The van der Waals surface area contributed by atoms with Gasteiger partial charge < -0.3 is 10.1 Å². The predicted molar refractivity (Wildman–Crippen MR) is 122 cm³/mol. The summed E-state index contributed by atoms with van der Waals surface area (Å²) in [6, 6.07) is 11.9. The first-order valence-corrected chi connectivity index (χ1v) is 13.1. The molecule has 0 aromatic heterocycles. The number of carbonyl (C=O) groups is 2. The van der Waals surface area contributed by atoms with E-state index in [-0.39, 0.29) is 9.79 Å². The molecule has 0 aliphatic rings. The van der Waals surface area contributed by atoms with Gasteiger partial charge in [-0.1, -0.05) is 32.0 Å². The van der Waals surface area contributed by atoms with Crippen molar-refractivity contribution in [3.8, 4) is 0 Å². The molecule has 2 rings (SSSR count). The van der Waals surface area contributed by atoms with Crippen molar-refractivity contribution < 1.29 is 31.2 Å². The van der Waals surface area contributed by atoms with Crippen molar-refractivity contribution in [2.24, 2.45) is 0 Å². The average Bonchev–Trinajstić information content (AvgIpc) is 2.78. The second kappa shape index (κ2) is 11.4. The van der Waals surface area contributed by atoms with Crippen molar-refractivity contribution in [2.45, 2.75) is 36.6 Å². The van der Waals surface area contributed by atoms with Crippen molar-refractivity contribution in [3.05, 3.63) is 54.6 Å². The minimum Gasteiger partial charge on any atom is -0.454 e. The van der Waals surface area contributed by atoms with Crippen LogP contribution in [0.2, 0.25) is 0 Å². The van der Waals surface area contributed by atoms with E-state index in [0.717, 1.165) is 0 Å². The number of anilines is 1. The number of ether oxygens (including phenoxy) is 1. The fourth-order valence-corrected chi connectivity index (χ4v) is 5.50. The van der Waals surface area contributed by atoms with Crippen LogP contribution >= 0.6 is 0 Å². The maximum Gasteiger partial charge on any atom is 0.324 e. The highest BCUT2D eigenvalue weighted by Crippen LogP contribution is 2.18. The van der Waals surface area contributed by atoms with Gasteiger partial charge in [-0.25, -0.2) is 16.8 Å². The number of nitrogens with zero attached hydrogens (tertiary/aromatic N) is 1. The van der Waals surface area contributed by atoms with E-state index in [1.807, 2.05) is 0 Å². The van der Waals surface area contributed by atoms with Gasteiger partial charge in [-0.3, -0.25) is 9.59 Å². The number of sulfonamides is 2. The Kier molecular flexibility index (Phi) is 9.11. The quantitative estimate of drug-likeness (QED) is 0.449. The Bertz CT molecular complexity index is 1160. The lowest BCUT2D eigenvalue weighted by atomic mass is 10.3. The van der Waals surface area contributed by atoms with Gasteiger partial charge in [0.2, 0.25) is 20.0 Å². The first-order valence-electron chi connectivity index (χ1n) is 10.1. The van der Waals surface area contributed by atoms with Crippen LogP contribution < -0.4 is 10.0 Å². The van der Waals surface area contributed by atoms with Crippen molar-refractivity contribution >= 4 is 37.6 Å². The third-order valence-corrected chi connectivity index (χ3v) is 8.19. The monoisotopic (exact) mass is 497 g/mol. The Morgan fingerprint density at radius 2 is 1.48 bits per heavy atom. The summed E-state index contributed by atoms with van der Waals surface area (Å²) >= 11 is 0. The van der Waals surface area contributed by atoms with E-state index < -0.39 is 44.6 Å². The molecule has 0 fully saturated rings. The van der Waals surface area contributed by atoms with Gasteiger partial charge in [0.1, 0.15) is 6.04 Å². The van der Waals surface area contributed by atoms with Crippen LogP contribution in [0.3, 0.4) is 0 Å². The number of benzene rings is 2. The van der Waals surface area contributed by atoms with Crippen LogP contribution in [0.5, 0.6) is 0 Å². The van der Waals surface area contributed by atoms with E-state index in [9.17, 15) is 26.4 Å². The Balaban J connectivity index is 1.90. The molecule has 180 valence electrons. The second-order valence-electron chi connectivity index (χ2n) is 6.93. The van der Waals surface area contributed by atoms with Crippen LogP contribution in [0.15, 0.2) is 64.4 Å². The molecule has 1 amide bonds. The molecule has 0 saturated carbocycles. The van der Waals surface area contributed by atoms with E-state index in [2.05, 4.69) is 10.0 Å². The molecule has 0 unspecified atom stereocenters. The third-order valence-electron chi connectivity index (χ3n) is 4.57. The lowest BCUT2D eigenvalue weighted by molar-refractivity contribution is -0.148. The molecular formula is C21H27N3O7S2. The molecule has 0 saturated heterocycles. The number of amides is 1. The highest BCUT2D eigenvalue weighted by molar-refractivity contribution is 7.89. The number of hydrogen-bond donors (Lipinski definition) is 2. The summed E-state index contributed by atoms with van der Waals surface area (Å²) in [5.74, 6) is -1.59. The Morgan fingerprint density at radius 1 is 0.909 bits per heavy atom. The summed E-state index contributed by atoms with van der Waals surface area (Å²) in [6.07, 6.45) is 0. The highest BCUT2D eigenvalue weighted by Gasteiger charge is 2.24. The average molecular weight is 498 g/mol. The van der Waals surface area contributed by atoms with Crippen molar-refractivity contribution in [3.63, 3.8) is 0 Å². The van der Waals surface area contributed by atoms with E-state index in [0.29, 0.717) is 18.8 Å². The predicted octanol–water partition coefficient (Wildman–Crippen LogP) is 1.57. The van der Waals surface area contributed by atoms with Crippen LogP contribution in [0.1, 0.15) is 20.8 Å². The summed E-state index contributed by atoms with van der Waals surface area (Å²) in [4.78, 5) is 24.2. The van der Waals surface area contributed by atoms with Crippen LogP contribution in [0, 0.1) is 0 Å². The molecular weight excluding hydrogens is 470 g/mol. The Morgan fingerprint density at radius 3 is 2.03 bits per heavy atom. The number of esters is 1. The van der Waals surface area contributed by atoms with E-state index in [4.69, 9.17) is 4.74 Å². The molecule has 0 heterocycles. The van der Waals surface area contributed by atoms with Crippen LogP contribution in [-0.2, 0) is 34.4 Å². The molecule has 0 aliphatic heterocycles. The van der Waals surface area contributed by atoms with Crippen LogP contribution in [0.4, 0.5) is 5.69 Å². The maximum atomic E-state index is 12.5. The molecule has 2 N–H and O–H groups in total. The van der Waals surface area contributed by atoms with Crippen LogP contribution in [-0.4, -0.2) is 58.8 Å². The van der Waals surface area contributed by atoms with Gasteiger partial charge in [0, 0.05) is 18.8 Å². The van der Waals surface area contributed by atoms with Crippen LogP contribution in [0.25, 0.3) is 0 Å². The topological polar surface area (TPSA) is 139 Å². The fraction of sp³-hybridized carbons (Fsp3) is 0.333. The lowest BCUT2D eigenvalue weighted by Crippen LogP contribution is -2.40. The standard InChI is InChI=1S/C21H27N3O7S2/c1-4-24(5-2)33(29,30)19-13-11-17(12-14-19)22-20(25)15-31-21(26)16(3)23-32(27,28)18-9-7-6-8-10-18/h6-14,16,23H,4-5,15H2,1-3H3,(H,22,25)/t16-/m0/s1. The minimum atomic E-state index is -3.92. The normalized spacial score (nSPS) is 12.8. The van der Waals surface area contributed by atoms with Gasteiger partial charge in [0.15, 0.2) is 6.61 Å².